The lowest BCUT2D eigenvalue weighted by Gasteiger charge is -2.11. The Morgan fingerprint density at radius 1 is 1.12 bits per heavy atom. The van der Waals surface area contributed by atoms with E-state index in [-0.39, 0.29) is 13.0 Å². The number of carboxylic acids is 1. The van der Waals surface area contributed by atoms with Gasteiger partial charge in [-0.05, 0) is 42.8 Å². The Hall–Kier alpha value is -2.51. The highest BCUT2D eigenvalue weighted by atomic mass is 35.5. The first-order valence-electron chi connectivity index (χ1n) is 7.84. The van der Waals surface area contributed by atoms with E-state index in [4.69, 9.17) is 16.3 Å². The zero-order valence-electron chi connectivity index (χ0n) is 13.7. The molecule has 0 spiro atoms. The number of carboxylic acid groups (broad SMARTS) is 1. The van der Waals surface area contributed by atoms with Crippen LogP contribution in [0.1, 0.15) is 12.2 Å². The molecule has 26 heavy (non-hydrogen) atoms. The zero-order chi connectivity index (χ0) is 18.4. The van der Waals surface area contributed by atoms with Gasteiger partial charge in [0.1, 0.15) is 12.4 Å². The van der Waals surface area contributed by atoms with Gasteiger partial charge < -0.3 is 14.6 Å². The number of rotatable bonds is 8. The second-order valence-corrected chi connectivity index (χ2v) is 6.78. The maximum Gasteiger partial charge on any atom is 0.195 e. The lowest BCUT2D eigenvalue weighted by molar-refractivity contribution is -0.305. The molecule has 8 heteroatoms. The number of ether oxygens (including phenoxy) is 1. The molecule has 3 rings (SSSR count). The number of nitrogens with zero attached hydrogens (tertiary/aromatic N) is 3. The molecular weight excluding hydrogens is 374 g/mol. The molecule has 0 unspecified atom stereocenters. The molecule has 0 radical (unpaired) electrons. The van der Waals surface area contributed by atoms with E-state index < -0.39 is 5.97 Å². The number of para-hydroxylation sites is 1. The minimum Gasteiger partial charge on any atom is -0.550 e. The Morgan fingerprint density at radius 3 is 2.54 bits per heavy atom. The molecule has 0 N–H and O–H groups in total. The summed E-state index contributed by atoms with van der Waals surface area (Å²) < 4.78 is 7.63. The molecule has 134 valence electrons. The molecule has 0 bridgehead atoms. The van der Waals surface area contributed by atoms with Crippen LogP contribution in [0, 0.1) is 0 Å². The third kappa shape index (κ3) is 4.77. The Kier molecular flexibility index (Phi) is 6.14. The molecule has 2 aromatic carbocycles. The monoisotopic (exact) mass is 388 g/mol. The third-order valence-corrected chi connectivity index (χ3v) is 4.62. The fourth-order valence-electron chi connectivity index (χ4n) is 2.23. The summed E-state index contributed by atoms with van der Waals surface area (Å²) in [4.78, 5) is 10.6. The summed E-state index contributed by atoms with van der Waals surface area (Å²) in [6.07, 6.45) is -0.0527. The maximum atomic E-state index is 10.6. The van der Waals surface area contributed by atoms with Crippen molar-refractivity contribution in [3.63, 3.8) is 0 Å². The van der Waals surface area contributed by atoms with Gasteiger partial charge in [-0.15, -0.1) is 10.2 Å². The smallest absolute Gasteiger partial charge is 0.195 e. The maximum absolute atomic E-state index is 10.6. The summed E-state index contributed by atoms with van der Waals surface area (Å²) in [6.45, 7) is 0.213. The summed E-state index contributed by atoms with van der Waals surface area (Å²) in [7, 11) is 0. The molecule has 0 fully saturated rings. The van der Waals surface area contributed by atoms with Crippen molar-refractivity contribution in [1.29, 1.82) is 0 Å². The fraction of sp³-hybridized carbons (Fsp3) is 0.167. The van der Waals surface area contributed by atoms with Crippen molar-refractivity contribution in [2.45, 2.75) is 18.2 Å². The molecule has 6 nitrogen and oxygen atoms in total. The standard InChI is InChI=1S/C18H16ClN3O3S/c19-13-6-8-15(9-7-13)25-12-16-20-21-18(26-11-10-17(23)24)22(16)14-4-2-1-3-5-14/h1-9H,10-12H2,(H,23,24)/p-1. The van der Waals surface area contributed by atoms with Crippen LogP contribution in [0.2, 0.25) is 5.02 Å². The van der Waals surface area contributed by atoms with Gasteiger partial charge in [0.05, 0.1) is 0 Å². The molecule has 1 heterocycles. The highest BCUT2D eigenvalue weighted by Gasteiger charge is 2.15. The number of carbonyl (C=O) groups excluding carboxylic acids is 1. The second kappa shape index (κ2) is 8.73. The zero-order valence-corrected chi connectivity index (χ0v) is 15.2. The Balaban J connectivity index is 1.81. The molecule has 0 aliphatic heterocycles. The summed E-state index contributed by atoms with van der Waals surface area (Å²) in [6, 6.07) is 16.7. The number of hydrogen-bond acceptors (Lipinski definition) is 6. The number of thioether (sulfide) groups is 1. The first-order chi connectivity index (χ1) is 12.6. The molecule has 0 saturated heterocycles. The topological polar surface area (TPSA) is 80.1 Å². The average Bonchev–Trinajstić information content (AvgIpc) is 3.04. The molecule has 0 aliphatic carbocycles. The van der Waals surface area contributed by atoms with Gasteiger partial charge in [0.15, 0.2) is 11.0 Å². The quantitative estimate of drug-likeness (QED) is 0.552. The highest BCUT2D eigenvalue weighted by molar-refractivity contribution is 7.99. The van der Waals surface area contributed by atoms with Crippen molar-refractivity contribution in [2.75, 3.05) is 5.75 Å². The van der Waals surface area contributed by atoms with Crippen LogP contribution in [-0.4, -0.2) is 26.5 Å². The molecule has 0 atom stereocenters. The molecule has 0 saturated carbocycles. The molecule has 0 amide bonds. The Morgan fingerprint density at radius 2 is 1.85 bits per heavy atom. The summed E-state index contributed by atoms with van der Waals surface area (Å²) >= 11 is 7.19. The van der Waals surface area contributed by atoms with Gasteiger partial charge in [-0.25, -0.2) is 0 Å². The van der Waals surface area contributed by atoms with Gasteiger partial charge in [-0.3, -0.25) is 4.57 Å². The summed E-state index contributed by atoms with van der Waals surface area (Å²) in [5.41, 5.74) is 0.878. The lowest BCUT2D eigenvalue weighted by Crippen LogP contribution is -2.22. The van der Waals surface area contributed by atoms with Crippen LogP contribution in [0.25, 0.3) is 5.69 Å². The van der Waals surface area contributed by atoms with Crippen LogP contribution < -0.4 is 9.84 Å². The summed E-state index contributed by atoms with van der Waals surface area (Å²) in [5.74, 6) is 0.547. The van der Waals surface area contributed by atoms with Gasteiger partial charge in [0.2, 0.25) is 0 Å². The number of halogens is 1. The number of aliphatic carboxylic acids is 1. The third-order valence-electron chi connectivity index (χ3n) is 3.43. The molecule has 0 aliphatic rings. The molecular formula is C18H15ClN3O3S-. The highest BCUT2D eigenvalue weighted by Crippen LogP contribution is 2.24. The largest absolute Gasteiger partial charge is 0.550 e. The van der Waals surface area contributed by atoms with E-state index in [1.807, 2.05) is 34.9 Å². The predicted molar refractivity (Wildman–Crippen MR) is 97.5 cm³/mol. The minimum absolute atomic E-state index is 0.0527. The van der Waals surface area contributed by atoms with Crippen LogP contribution in [0.4, 0.5) is 0 Å². The van der Waals surface area contributed by atoms with Crippen LogP contribution >= 0.6 is 23.4 Å². The Labute approximate surface area is 159 Å². The second-order valence-electron chi connectivity index (χ2n) is 5.28. The van der Waals surface area contributed by atoms with E-state index in [1.54, 1.807) is 24.3 Å². The predicted octanol–water partition coefficient (Wildman–Crippen LogP) is 2.73. The lowest BCUT2D eigenvalue weighted by atomic mass is 10.3. The first kappa shape index (κ1) is 18.3. The van der Waals surface area contributed by atoms with Crippen LogP contribution in [0.15, 0.2) is 59.8 Å². The number of aromatic nitrogens is 3. The van der Waals surface area contributed by atoms with E-state index in [1.165, 1.54) is 11.8 Å². The van der Waals surface area contributed by atoms with E-state index in [2.05, 4.69) is 10.2 Å². The van der Waals surface area contributed by atoms with Gasteiger partial charge >= 0.3 is 0 Å². The number of benzene rings is 2. The number of hydrogen-bond donors (Lipinski definition) is 0. The van der Waals surface area contributed by atoms with Crippen molar-refractivity contribution >= 4 is 29.3 Å². The van der Waals surface area contributed by atoms with Crippen LogP contribution in [0.3, 0.4) is 0 Å². The normalized spacial score (nSPS) is 10.7. The molecule has 1 aromatic heterocycles. The van der Waals surface area contributed by atoms with Gasteiger partial charge in [0.25, 0.3) is 0 Å². The van der Waals surface area contributed by atoms with E-state index in [0.717, 1.165) is 5.69 Å². The number of carbonyl (C=O) groups is 1. The van der Waals surface area contributed by atoms with E-state index in [0.29, 0.717) is 27.5 Å². The minimum atomic E-state index is -1.09. The van der Waals surface area contributed by atoms with Crippen LogP contribution in [-0.2, 0) is 11.4 Å². The summed E-state index contributed by atoms with van der Waals surface area (Å²) in [5, 5.41) is 20.3. The van der Waals surface area contributed by atoms with Crippen molar-refractivity contribution in [3.8, 4) is 11.4 Å². The Bertz CT molecular complexity index is 869. The molecule has 3 aromatic rings. The van der Waals surface area contributed by atoms with Gasteiger partial charge in [-0.2, -0.15) is 0 Å². The average molecular weight is 389 g/mol. The first-order valence-corrected chi connectivity index (χ1v) is 9.20. The van der Waals surface area contributed by atoms with Crippen molar-refractivity contribution in [3.05, 3.63) is 65.4 Å². The van der Waals surface area contributed by atoms with Crippen molar-refractivity contribution < 1.29 is 14.6 Å². The van der Waals surface area contributed by atoms with Gasteiger partial charge in [0, 0.05) is 22.4 Å². The van der Waals surface area contributed by atoms with Crippen molar-refractivity contribution in [1.82, 2.24) is 14.8 Å². The van der Waals surface area contributed by atoms with Gasteiger partial charge in [-0.1, -0.05) is 41.6 Å². The van der Waals surface area contributed by atoms with Crippen LogP contribution in [0.5, 0.6) is 5.75 Å². The van der Waals surface area contributed by atoms with E-state index >= 15 is 0 Å². The van der Waals surface area contributed by atoms with E-state index in [9.17, 15) is 9.90 Å². The van der Waals surface area contributed by atoms with Crippen molar-refractivity contribution in [2.24, 2.45) is 0 Å². The SMILES string of the molecule is O=C([O-])CCSc1nnc(COc2ccc(Cl)cc2)n1-c1ccccc1. The fourth-order valence-corrected chi connectivity index (χ4v) is 3.24.